The maximum atomic E-state index is 12.7. The van der Waals surface area contributed by atoms with Crippen LogP contribution in [0.3, 0.4) is 0 Å². The molecule has 1 aromatic rings. The van der Waals surface area contributed by atoms with E-state index >= 15 is 0 Å². The van der Waals surface area contributed by atoms with Gasteiger partial charge in [-0.3, -0.25) is 19.3 Å². The number of esters is 1. The van der Waals surface area contributed by atoms with Gasteiger partial charge >= 0.3 is 5.97 Å². The molecule has 2 aliphatic heterocycles. The van der Waals surface area contributed by atoms with E-state index in [0.717, 1.165) is 28.6 Å². The number of rotatable bonds is 11. The van der Waals surface area contributed by atoms with E-state index in [-0.39, 0.29) is 30.5 Å². The van der Waals surface area contributed by atoms with Gasteiger partial charge in [0.15, 0.2) is 5.78 Å². The Bertz CT molecular complexity index is 857. The first-order chi connectivity index (χ1) is 15.4. The van der Waals surface area contributed by atoms with Crippen molar-refractivity contribution in [3.63, 3.8) is 0 Å². The van der Waals surface area contributed by atoms with Crippen LogP contribution in [0.1, 0.15) is 18.4 Å². The number of nitrogens with zero attached hydrogens (tertiary/aromatic N) is 1. The number of ether oxygens (including phenoxy) is 2. The normalized spacial score (nSPS) is 23.2. The molecule has 0 aromatic heterocycles. The number of amides is 2. The highest BCUT2D eigenvalue weighted by atomic mass is 32.2. The van der Waals surface area contributed by atoms with Crippen LogP contribution in [0.2, 0.25) is 0 Å². The quantitative estimate of drug-likeness (QED) is 0.276. The molecule has 2 N–H and O–H groups in total. The van der Waals surface area contributed by atoms with Crippen LogP contribution < -0.4 is 5.32 Å². The van der Waals surface area contributed by atoms with Crippen LogP contribution in [-0.2, 0) is 35.1 Å². The van der Waals surface area contributed by atoms with Crippen molar-refractivity contribution in [3.05, 3.63) is 48.6 Å². The van der Waals surface area contributed by atoms with Gasteiger partial charge in [0.05, 0.1) is 12.2 Å². The number of hydrogen-bond donors (Lipinski definition) is 2. The van der Waals surface area contributed by atoms with Gasteiger partial charge in [-0.2, -0.15) is 0 Å². The third kappa shape index (κ3) is 5.76. The Morgan fingerprint density at radius 3 is 2.75 bits per heavy atom. The second-order valence-corrected chi connectivity index (χ2v) is 8.52. The number of hydrogen-bond acceptors (Lipinski definition) is 8. The molecule has 4 atom stereocenters. The Labute approximate surface area is 190 Å². The predicted octanol–water partition coefficient (Wildman–Crippen LogP) is 0.411. The first-order valence-corrected chi connectivity index (χ1v) is 11.3. The number of thioether (sulfide) groups is 1. The number of nitrogens with one attached hydrogen (secondary N) is 1. The van der Waals surface area contributed by atoms with E-state index in [0.29, 0.717) is 13.0 Å². The lowest BCUT2D eigenvalue weighted by Gasteiger charge is -2.47. The molecule has 0 bridgehead atoms. The van der Waals surface area contributed by atoms with Gasteiger partial charge in [-0.05, 0) is 18.4 Å². The topological polar surface area (TPSA) is 122 Å². The summed E-state index contributed by atoms with van der Waals surface area (Å²) in [5, 5.41) is 12.2. The number of ketones is 1. The second kappa shape index (κ2) is 11.3. The fourth-order valence-corrected chi connectivity index (χ4v) is 4.76. The summed E-state index contributed by atoms with van der Waals surface area (Å²) >= 11 is 1.07. The summed E-state index contributed by atoms with van der Waals surface area (Å²) in [4.78, 5) is 50.5. The summed E-state index contributed by atoms with van der Waals surface area (Å²) < 4.78 is 10.2. The van der Waals surface area contributed by atoms with E-state index in [9.17, 15) is 24.3 Å². The molecule has 2 amide bonds. The van der Waals surface area contributed by atoms with Gasteiger partial charge in [-0.25, -0.2) is 4.79 Å². The van der Waals surface area contributed by atoms with Gasteiger partial charge in [-0.15, -0.1) is 11.8 Å². The molecule has 1 aromatic carbocycles. The van der Waals surface area contributed by atoms with Gasteiger partial charge < -0.3 is 19.9 Å². The summed E-state index contributed by atoms with van der Waals surface area (Å²) in [6.45, 7) is 3.83. The van der Waals surface area contributed by atoms with Crippen LogP contribution in [0.5, 0.6) is 0 Å². The first-order valence-electron chi connectivity index (χ1n) is 10.3. The molecule has 0 spiro atoms. The summed E-state index contributed by atoms with van der Waals surface area (Å²) in [6, 6.07) is 8.05. The Morgan fingerprint density at radius 1 is 1.34 bits per heavy atom. The average Bonchev–Trinajstić information content (AvgIpc) is 3.33. The highest BCUT2D eigenvalue weighted by molar-refractivity contribution is 8.00. The zero-order chi connectivity index (χ0) is 23.1. The van der Waals surface area contributed by atoms with E-state index in [1.54, 1.807) is 24.3 Å². The minimum absolute atomic E-state index is 0.0125. The van der Waals surface area contributed by atoms with Gasteiger partial charge in [0.2, 0.25) is 12.1 Å². The SMILES string of the molecule is C=CCOC(=O)C(O)N1C(=O)C(NC(=O)Cc2ccccc2)C1SCC(=O)C1CCCO1. The van der Waals surface area contributed by atoms with Gasteiger partial charge in [0.25, 0.3) is 5.91 Å². The highest BCUT2D eigenvalue weighted by Crippen LogP contribution is 2.33. The molecular weight excluding hydrogens is 436 g/mol. The Kier molecular flexibility index (Phi) is 8.43. The minimum atomic E-state index is -1.85. The van der Waals surface area contributed by atoms with Crippen molar-refractivity contribution < 1.29 is 33.8 Å². The molecule has 2 fully saturated rings. The van der Waals surface area contributed by atoms with Gasteiger partial charge in [-0.1, -0.05) is 43.0 Å². The molecule has 4 unspecified atom stereocenters. The third-order valence-electron chi connectivity index (χ3n) is 5.11. The molecule has 32 heavy (non-hydrogen) atoms. The van der Waals surface area contributed by atoms with Crippen LogP contribution in [0.15, 0.2) is 43.0 Å². The maximum Gasteiger partial charge on any atom is 0.356 e. The molecule has 2 saturated heterocycles. The Balaban J connectivity index is 1.65. The predicted molar refractivity (Wildman–Crippen MR) is 116 cm³/mol. The molecule has 0 saturated carbocycles. The largest absolute Gasteiger partial charge is 0.458 e. The van der Waals surface area contributed by atoms with Crippen molar-refractivity contribution in [1.82, 2.24) is 10.2 Å². The molecule has 172 valence electrons. The van der Waals surface area contributed by atoms with E-state index in [1.165, 1.54) is 6.08 Å². The summed E-state index contributed by atoms with van der Waals surface area (Å²) in [7, 11) is 0. The number of likely N-dealkylation sites (tertiary alicyclic amines) is 1. The number of Topliss-reactive ketones (excluding diaryl/α,β-unsaturated/α-hetero) is 1. The Morgan fingerprint density at radius 2 is 2.09 bits per heavy atom. The second-order valence-electron chi connectivity index (χ2n) is 7.41. The van der Waals surface area contributed by atoms with Gasteiger partial charge in [0.1, 0.15) is 24.1 Å². The lowest BCUT2D eigenvalue weighted by Crippen LogP contribution is -2.73. The number of benzene rings is 1. The number of carbonyl (C=O) groups excluding carboxylic acids is 4. The molecule has 9 nitrogen and oxygen atoms in total. The summed E-state index contributed by atoms with van der Waals surface area (Å²) in [5.41, 5.74) is 0.777. The maximum absolute atomic E-state index is 12.7. The van der Waals surface area contributed by atoms with Crippen LogP contribution in [0, 0.1) is 0 Å². The van der Waals surface area contributed by atoms with Crippen LogP contribution in [0.25, 0.3) is 0 Å². The zero-order valence-electron chi connectivity index (χ0n) is 17.5. The number of aliphatic hydroxyl groups is 1. The first kappa shape index (κ1) is 24.0. The molecule has 2 heterocycles. The monoisotopic (exact) mass is 462 g/mol. The molecule has 0 radical (unpaired) electrons. The van der Waals surface area contributed by atoms with Crippen molar-refractivity contribution in [2.45, 2.75) is 43.0 Å². The highest BCUT2D eigenvalue weighted by Gasteiger charge is 2.53. The summed E-state index contributed by atoms with van der Waals surface area (Å²) in [5.74, 6) is -2.14. The van der Waals surface area contributed by atoms with E-state index < -0.39 is 35.6 Å². The van der Waals surface area contributed by atoms with E-state index in [1.807, 2.05) is 6.07 Å². The minimum Gasteiger partial charge on any atom is -0.458 e. The smallest absolute Gasteiger partial charge is 0.356 e. The average molecular weight is 463 g/mol. The van der Waals surface area contributed by atoms with Crippen molar-refractivity contribution >= 4 is 35.3 Å². The van der Waals surface area contributed by atoms with Crippen molar-refractivity contribution in [1.29, 1.82) is 0 Å². The van der Waals surface area contributed by atoms with E-state index in [4.69, 9.17) is 9.47 Å². The van der Waals surface area contributed by atoms with Crippen molar-refractivity contribution in [3.8, 4) is 0 Å². The molecule has 3 rings (SSSR count). The standard InChI is InChI=1S/C22H26N2O7S/c1-2-10-31-22(29)20(28)24-19(27)18(23-17(26)12-14-7-4-3-5-8-14)21(24)32-13-15(25)16-9-6-11-30-16/h2-5,7-8,16,18,20-21,28H,1,6,9-13H2,(H,23,26). The molecule has 10 heteroatoms. The van der Waals surface area contributed by atoms with E-state index in [2.05, 4.69) is 11.9 Å². The van der Waals surface area contributed by atoms with Gasteiger partial charge in [0, 0.05) is 6.61 Å². The lowest BCUT2D eigenvalue weighted by molar-refractivity contribution is -0.181. The number of carbonyl (C=O) groups is 4. The fraction of sp³-hybridized carbons (Fsp3) is 0.455. The number of β-lactam (4-membered cyclic amide) rings is 1. The third-order valence-corrected chi connectivity index (χ3v) is 6.40. The summed E-state index contributed by atoms with van der Waals surface area (Å²) in [6.07, 6.45) is 0.518. The Hall–Kier alpha value is -2.69. The molecule has 2 aliphatic rings. The zero-order valence-corrected chi connectivity index (χ0v) is 18.3. The van der Waals surface area contributed by atoms with Crippen molar-refractivity contribution in [2.75, 3.05) is 19.0 Å². The molecule has 0 aliphatic carbocycles. The lowest BCUT2D eigenvalue weighted by atomic mass is 10.1. The fourth-order valence-electron chi connectivity index (χ4n) is 3.48. The van der Waals surface area contributed by atoms with Crippen LogP contribution >= 0.6 is 11.8 Å². The van der Waals surface area contributed by atoms with Crippen LogP contribution in [0.4, 0.5) is 0 Å². The molecular formula is C22H26N2O7S. The van der Waals surface area contributed by atoms with Crippen LogP contribution in [-0.4, -0.2) is 76.3 Å². The van der Waals surface area contributed by atoms with Crippen molar-refractivity contribution in [2.24, 2.45) is 0 Å². The number of aliphatic hydroxyl groups excluding tert-OH is 1.